The maximum absolute atomic E-state index is 14.2. The van der Waals surface area contributed by atoms with Crippen LogP contribution in [0.1, 0.15) is 18.4 Å². The number of carbonyl (C=O) groups is 3. The molecule has 0 fully saturated rings. The maximum atomic E-state index is 14.2. The highest BCUT2D eigenvalue weighted by atomic mass is 19.4. The average molecular weight is 433 g/mol. The zero-order valence-corrected chi connectivity index (χ0v) is 14.5. The predicted molar refractivity (Wildman–Crippen MR) is 83.3 cm³/mol. The number of hydrogen-bond acceptors (Lipinski definition) is 4. The molecule has 0 spiro atoms. The van der Waals surface area contributed by atoms with E-state index in [-0.39, 0.29) is 6.41 Å². The molecule has 0 heterocycles. The van der Waals surface area contributed by atoms with Crippen molar-refractivity contribution in [3.05, 3.63) is 23.5 Å². The van der Waals surface area contributed by atoms with E-state index in [1.165, 1.54) is 5.32 Å². The summed E-state index contributed by atoms with van der Waals surface area (Å²) in [6.45, 7) is -1.42. The zero-order chi connectivity index (χ0) is 22.4. The van der Waals surface area contributed by atoms with E-state index in [1.807, 2.05) is 10.6 Å². The molecular formula is C15H14F7N3O4. The van der Waals surface area contributed by atoms with Crippen LogP contribution >= 0.6 is 0 Å². The summed E-state index contributed by atoms with van der Waals surface area (Å²) in [5, 5.41) is 5.29. The highest BCUT2D eigenvalue weighted by Crippen LogP contribution is 2.35. The molecule has 0 aromatic heterocycles. The number of hydrogen-bond donors (Lipinski definition) is 3. The zero-order valence-electron chi connectivity index (χ0n) is 14.5. The monoisotopic (exact) mass is 433 g/mol. The van der Waals surface area contributed by atoms with Gasteiger partial charge in [0.1, 0.15) is 18.1 Å². The van der Waals surface area contributed by atoms with Crippen molar-refractivity contribution >= 4 is 23.9 Å². The molecule has 0 saturated heterocycles. The van der Waals surface area contributed by atoms with Crippen LogP contribution in [0, 0.1) is 5.82 Å². The van der Waals surface area contributed by atoms with Crippen molar-refractivity contribution in [2.24, 2.45) is 0 Å². The van der Waals surface area contributed by atoms with Gasteiger partial charge in [-0.15, -0.1) is 13.2 Å². The maximum Gasteiger partial charge on any atom is 0.573 e. The number of ether oxygens (including phenoxy) is 1. The van der Waals surface area contributed by atoms with Crippen molar-refractivity contribution in [1.82, 2.24) is 10.6 Å². The highest BCUT2D eigenvalue weighted by Gasteiger charge is 2.35. The van der Waals surface area contributed by atoms with Gasteiger partial charge in [-0.25, -0.2) is 4.39 Å². The van der Waals surface area contributed by atoms with E-state index in [9.17, 15) is 45.1 Å². The first-order valence-electron chi connectivity index (χ1n) is 7.64. The average Bonchev–Trinajstić information content (AvgIpc) is 2.57. The number of carbonyl (C=O) groups excluding carboxylic acids is 3. The first-order valence-corrected chi connectivity index (χ1v) is 7.64. The largest absolute Gasteiger partial charge is 0.573 e. The Labute approximate surface area is 158 Å². The Hall–Kier alpha value is -3.06. The molecule has 0 aliphatic carbocycles. The van der Waals surface area contributed by atoms with E-state index in [0.717, 1.165) is 6.92 Å². The lowest BCUT2D eigenvalue weighted by Gasteiger charge is -2.20. The van der Waals surface area contributed by atoms with Gasteiger partial charge in [-0.05, 0) is 13.0 Å². The van der Waals surface area contributed by atoms with Crippen molar-refractivity contribution in [3.63, 3.8) is 0 Å². The Morgan fingerprint density at radius 2 is 1.79 bits per heavy atom. The highest BCUT2D eigenvalue weighted by molar-refractivity contribution is 5.93. The molecule has 162 valence electrons. The number of nitrogens with one attached hydrogen (secondary N) is 3. The van der Waals surface area contributed by atoms with E-state index in [0.29, 0.717) is 12.1 Å². The Balaban J connectivity index is 3.21. The van der Waals surface area contributed by atoms with Crippen molar-refractivity contribution in [3.8, 4) is 5.75 Å². The van der Waals surface area contributed by atoms with Crippen molar-refractivity contribution in [2.75, 3.05) is 18.4 Å². The molecular weight excluding hydrogens is 419 g/mol. The molecule has 0 saturated carbocycles. The van der Waals surface area contributed by atoms with Crippen molar-refractivity contribution in [1.29, 1.82) is 0 Å². The van der Waals surface area contributed by atoms with E-state index >= 15 is 0 Å². The smallest absolute Gasteiger partial charge is 0.405 e. The fourth-order valence-electron chi connectivity index (χ4n) is 2.03. The second-order valence-corrected chi connectivity index (χ2v) is 5.52. The molecule has 14 heteroatoms. The molecule has 0 radical (unpaired) electrons. The predicted octanol–water partition coefficient (Wildman–Crippen LogP) is 2.19. The van der Waals surface area contributed by atoms with Gasteiger partial charge in [0, 0.05) is 11.6 Å². The van der Waals surface area contributed by atoms with Gasteiger partial charge in [0.2, 0.25) is 18.2 Å². The summed E-state index contributed by atoms with van der Waals surface area (Å²) < 4.78 is 92.4. The van der Waals surface area contributed by atoms with Gasteiger partial charge in [-0.1, -0.05) is 0 Å². The van der Waals surface area contributed by atoms with Crippen LogP contribution in [-0.2, 0) is 14.4 Å². The minimum atomic E-state index is -5.28. The van der Waals surface area contributed by atoms with Gasteiger partial charge in [-0.2, -0.15) is 13.2 Å². The van der Waals surface area contributed by atoms with Crippen LogP contribution in [0.5, 0.6) is 5.75 Å². The number of halogens is 7. The van der Waals surface area contributed by atoms with Gasteiger partial charge >= 0.3 is 12.5 Å². The molecule has 7 nitrogen and oxygen atoms in total. The summed E-state index contributed by atoms with van der Waals surface area (Å²) in [7, 11) is 0. The standard InChI is InChI=1S/C15H14F7N3O4/c1-7(13(28)24-5-14(17,18)19)8-2-9(16)10(25-12(27)4-23-6-26)3-11(8)29-15(20,21)22/h2-3,6-7H,4-5H2,1H3,(H,23,26)(H,24,28)(H,25,27). The Bertz CT molecular complexity index is 766. The fourth-order valence-corrected chi connectivity index (χ4v) is 2.03. The van der Waals surface area contributed by atoms with Gasteiger partial charge in [0.05, 0.1) is 18.2 Å². The van der Waals surface area contributed by atoms with Crippen LogP contribution in [0.3, 0.4) is 0 Å². The molecule has 0 aliphatic heterocycles. The molecule has 3 N–H and O–H groups in total. The summed E-state index contributed by atoms with van der Waals surface area (Å²) in [5.74, 6) is -6.37. The van der Waals surface area contributed by atoms with E-state index in [4.69, 9.17) is 0 Å². The molecule has 29 heavy (non-hydrogen) atoms. The molecule has 1 aromatic rings. The number of anilines is 1. The molecule has 0 aliphatic rings. The van der Waals surface area contributed by atoms with Gasteiger partial charge in [0.15, 0.2) is 0 Å². The third-order valence-electron chi connectivity index (χ3n) is 3.27. The Morgan fingerprint density at radius 3 is 2.31 bits per heavy atom. The lowest BCUT2D eigenvalue weighted by atomic mass is 9.98. The molecule has 3 amide bonds. The number of rotatable bonds is 8. The third kappa shape index (κ3) is 8.23. The second kappa shape index (κ2) is 9.43. The second-order valence-electron chi connectivity index (χ2n) is 5.52. The van der Waals surface area contributed by atoms with Gasteiger partial charge < -0.3 is 20.7 Å². The van der Waals surface area contributed by atoms with E-state index in [2.05, 4.69) is 4.74 Å². The Morgan fingerprint density at radius 1 is 1.17 bits per heavy atom. The van der Waals surface area contributed by atoms with Crippen LogP contribution in [-0.4, -0.2) is 43.9 Å². The molecule has 1 rings (SSSR count). The molecule has 1 aromatic carbocycles. The van der Waals surface area contributed by atoms with Gasteiger partial charge in [-0.3, -0.25) is 14.4 Å². The SMILES string of the molecule is CC(C(=O)NCC(F)(F)F)c1cc(F)c(NC(=O)CNC=O)cc1OC(F)(F)F. The summed E-state index contributed by atoms with van der Waals surface area (Å²) in [4.78, 5) is 33.4. The van der Waals surface area contributed by atoms with E-state index in [1.54, 1.807) is 0 Å². The van der Waals surface area contributed by atoms with Crippen LogP contribution in [0.2, 0.25) is 0 Å². The minimum Gasteiger partial charge on any atom is -0.405 e. The van der Waals surface area contributed by atoms with Crippen molar-refractivity contribution in [2.45, 2.75) is 25.4 Å². The number of benzene rings is 1. The summed E-state index contributed by atoms with van der Waals surface area (Å²) in [6, 6.07) is 0.839. The van der Waals surface area contributed by atoms with Crippen LogP contribution in [0.4, 0.5) is 36.4 Å². The first-order chi connectivity index (χ1) is 13.2. The third-order valence-corrected chi connectivity index (χ3v) is 3.27. The van der Waals surface area contributed by atoms with Crippen molar-refractivity contribution < 1.29 is 49.9 Å². The van der Waals surface area contributed by atoms with Crippen LogP contribution in [0.15, 0.2) is 12.1 Å². The molecule has 1 unspecified atom stereocenters. The van der Waals surface area contributed by atoms with Crippen LogP contribution < -0.4 is 20.7 Å². The lowest BCUT2D eigenvalue weighted by Crippen LogP contribution is -2.36. The summed E-state index contributed by atoms with van der Waals surface area (Å²) in [6.07, 6.45) is -9.90. The Kier molecular flexibility index (Phi) is 7.79. The normalized spacial score (nSPS) is 12.7. The summed E-state index contributed by atoms with van der Waals surface area (Å²) in [5.41, 5.74) is -1.47. The van der Waals surface area contributed by atoms with Crippen LogP contribution in [0.25, 0.3) is 0 Å². The topological polar surface area (TPSA) is 96.5 Å². The minimum absolute atomic E-state index is 0.151. The quantitative estimate of drug-likeness (QED) is 0.433. The summed E-state index contributed by atoms with van der Waals surface area (Å²) >= 11 is 0. The van der Waals surface area contributed by atoms with E-state index < -0.39 is 66.2 Å². The fraction of sp³-hybridized carbons (Fsp3) is 0.400. The first kappa shape index (κ1) is 24.0. The molecule has 0 bridgehead atoms. The van der Waals surface area contributed by atoms with Gasteiger partial charge in [0.25, 0.3) is 0 Å². The number of amides is 3. The lowest BCUT2D eigenvalue weighted by molar-refractivity contribution is -0.275. The number of alkyl halides is 6. The molecule has 1 atom stereocenters.